The highest BCUT2D eigenvalue weighted by atomic mass is 16.7. The first-order valence-corrected chi connectivity index (χ1v) is 3.56. The molecule has 2 rings (SSSR count). The highest BCUT2D eigenvalue weighted by molar-refractivity contribution is 4.88. The molecule has 0 N–H and O–H groups in total. The number of nitrogens with zero attached hydrogens (tertiary/aromatic N) is 3. The molecule has 1 fully saturated rings. The number of hydrogen-bond donors (Lipinski definition) is 0. The molecule has 0 aromatic rings. The summed E-state index contributed by atoms with van der Waals surface area (Å²) >= 11 is 0. The zero-order chi connectivity index (χ0) is 7.19. The van der Waals surface area contributed by atoms with E-state index < -0.39 is 0 Å². The Labute approximate surface area is 59.8 Å². The molecule has 2 aliphatic rings. The standard InChI is InChI=1S/C6H11N3O/c1-6(2)4-3-5-9(6)7-8-10-5/h5H,3-4H2,1-2H3/t5-/m1/s1. The molecule has 2 aliphatic heterocycles. The fourth-order valence-electron chi connectivity index (χ4n) is 1.49. The summed E-state index contributed by atoms with van der Waals surface area (Å²) in [7, 11) is 0. The van der Waals surface area contributed by atoms with Crippen LogP contribution in [0.2, 0.25) is 0 Å². The molecule has 56 valence electrons. The smallest absolute Gasteiger partial charge is 0.218 e. The highest BCUT2D eigenvalue weighted by Crippen LogP contribution is 2.36. The van der Waals surface area contributed by atoms with Crippen molar-refractivity contribution < 1.29 is 4.84 Å². The van der Waals surface area contributed by atoms with Crippen molar-refractivity contribution in [3.8, 4) is 0 Å². The number of hydrogen-bond acceptors (Lipinski definition) is 4. The third kappa shape index (κ3) is 0.616. The SMILES string of the molecule is CC1(C)CC[C@H]2ON=NN21. The van der Waals surface area contributed by atoms with Gasteiger partial charge in [-0.25, -0.2) is 5.01 Å². The van der Waals surface area contributed by atoms with Crippen LogP contribution >= 0.6 is 0 Å². The molecular weight excluding hydrogens is 130 g/mol. The molecular formula is C6H11N3O. The van der Waals surface area contributed by atoms with Crippen molar-refractivity contribution in [2.24, 2.45) is 10.5 Å². The molecule has 0 aliphatic carbocycles. The normalized spacial score (nSPS) is 34.2. The van der Waals surface area contributed by atoms with E-state index in [1.54, 1.807) is 0 Å². The third-order valence-electron chi connectivity index (χ3n) is 2.20. The van der Waals surface area contributed by atoms with Crippen LogP contribution in [0.3, 0.4) is 0 Å². The molecule has 0 saturated carbocycles. The van der Waals surface area contributed by atoms with Crippen molar-refractivity contribution >= 4 is 0 Å². The van der Waals surface area contributed by atoms with Crippen LogP contribution in [-0.2, 0) is 4.84 Å². The van der Waals surface area contributed by atoms with Crippen LogP contribution in [-0.4, -0.2) is 16.8 Å². The lowest BCUT2D eigenvalue weighted by molar-refractivity contribution is 0.00203. The van der Waals surface area contributed by atoms with Crippen LogP contribution in [0, 0.1) is 0 Å². The third-order valence-corrected chi connectivity index (χ3v) is 2.20. The molecule has 0 bridgehead atoms. The maximum absolute atomic E-state index is 5.00. The Morgan fingerprint density at radius 3 is 3.10 bits per heavy atom. The average molecular weight is 141 g/mol. The molecule has 0 unspecified atom stereocenters. The summed E-state index contributed by atoms with van der Waals surface area (Å²) in [4.78, 5) is 5.00. The van der Waals surface area contributed by atoms with Crippen LogP contribution in [0.15, 0.2) is 10.5 Å². The zero-order valence-electron chi connectivity index (χ0n) is 6.24. The van der Waals surface area contributed by atoms with Crippen molar-refractivity contribution in [1.29, 1.82) is 0 Å². The van der Waals surface area contributed by atoms with E-state index in [1.165, 1.54) is 0 Å². The van der Waals surface area contributed by atoms with E-state index in [-0.39, 0.29) is 11.8 Å². The Morgan fingerprint density at radius 2 is 2.40 bits per heavy atom. The van der Waals surface area contributed by atoms with E-state index in [0.29, 0.717) is 0 Å². The quantitative estimate of drug-likeness (QED) is 0.512. The second-order valence-electron chi connectivity index (χ2n) is 3.43. The highest BCUT2D eigenvalue weighted by Gasteiger charge is 2.43. The van der Waals surface area contributed by atoms with E-state index in [0.717, 1.165) is 12.8 Å². The molecule has 2 heterocycles. The first kappa shape index (κ1) is 5.95. The van der Waals surface area contributed by atoms with Crippen LogP contribution in [0.5, 0.6) is 0 Å². The van der Waals surface area contributed by atoms with Crippen molar-refractivity contribution in [3.63, 3.8) is 0 Å². The summed E-state index contributed by atoms with van der Waals surface area (Å²) < 4.78 is 0. The van der Waals surface area contributed by atoms with E-state index in [9.17, 15) is 0 Å². The molecule has 0 amide bonds. The maximum Gasteiger partial charge on any atom is 0.218 e. The fourth-order valence-corrected chi connectivity index (χ4v) is 1.49. The van der Waals surface area contributed by atoms with Gasteiger partial charge in [0.25, 0.3) is 0 Å². The van der Waals surface area contributed by atoms with Gasteiger partial charge in [-0.05, 0) is 25.5 Å². The molecule has 0 spiro atoms. The van der Waals surface area contributed by atoms with Gasteiger partial charge in [0.15, 0.2) is 0 Å². The summed E-state index contributed by atoms with van der Waals surface area (Å²) in [6.45, 7) is 4.31. The molecule has 10 heavy (non-hydrogen) atoms. The van der Waals surface area contributed by atoms with E-state index in [2.05, 4.69) is 24.3 Å². The van der Waals surface area contributed by atoms with Gasteiger partial charge in [0, 0.05) is 11.7 Å². The van der Waals surface area contributed by atoms with Crippen molar-refractivity contribution in [2.75, 3.05) is 0 Å². The second-order valence-corrected chi connectivity index (χ2v) is 3.43. The number of rotatable bonds is 0. The Bertz CT molecular complexity index is 178. The van der Waals surface area contributed by atoms with Crippen molar-refractivity contribution in [3.05, 3.63) is 0 Å². The van der Waals surface area contributed by atoms with Gasteiger partial charge in [0.1, 0.15) is 0 Å². The predicted octanol–water partition coefficient (Wildman–Crippen LogP) is 1.50. The zero-order valence-corrected chi connectivity index (χ0v) is 6.24. The Hall–Kier alpha value is -0.800. The Morgan fingerprint density at radius 1 is 1.60 bits per heavy atom. The van der Waals surface area contributed by atoms with Crippen molar-refractivity contribution in [2.45, 2.75) is 38.5 Å². The van der Waals surface area contributed by atoms with E-state index in [1.807, 2.05) is 5.01 Å². The van der Waals surface area contributed by atoms with Gasteiger partial charge in [-0.1, -0.05) is 0 Å². The molecule has 1 saturated heterocycles. The van der Waals surface area contributed by atoms with Gasteiger partial charge in [-0.15, -0.1) is 0 Å². The van der Waals surface area contributed by atoms with Gasteiger partial charge in [-0.3, -0.25) is 0 Å². The van der Waals surface area contributed by atoms with Gasteiger partial charge < -0.3 is 4.84 Å². The van der Waals surface area contributed by atoms with Crippen LogP contribution in [0.4, 0.5) is 0 Å². The lowest BCUT2D eigenvalue weighted by Crippen LogP contribution is -2.36. The fraction of sp³-hybridized carbons (Fsp3) is 1.00. The molecule has 1 atom stereocenters. The minimum absolute atomic E-state index is 0.120. The van der Waals surface area contributed by atoms with Gasteiger partial charge in [0.05, 0.1) is 5.54 Å². The first-order chi connectivity index (χ1) is 4.70. The summed E-state index contributed by atoms with van der Waals surface area (Å²) in [5.41, 5.74) is 0.144. The minimum Gasteiger partial charge on any atom is -0.351 e. The average Bonchev–Trinajstić information content (AvgIpc) is 2.36. The van der Waals surface area contributed by atoms with Crippen LogP contribution in [0.25, 0.3) is 0 Å². The van der Waals surface area contributed by atoms with Crippen LogP contribution in [0.1, 0.15) is 26.7 Å². The van der Waals surface area contributed by atoms with Crippen LogP contribution < -0.4 is 0 Å². The lowest BCUT2D eigenvalue weighted by atomic mass is 10.0. The maximum atomic E-state index is 5.00. The predicted molar refractivity (Wildman–Crippen MR) is 34.9 cm³/mol. The van der Waals surface area contributed by atoms with E-state index in [4.69, 9.17) is 4.84 Å². The minimum atomic E-state index is 0.120. The monoisotopic (exact) mass is 141 g/mol. The summed E-state index contributed by atoms with van der Waals surface area (Å²) in [5.74, 6) is 0. The van der Waals surface area contributed by atoms with Gasteiger partial charge in [0.2, 0.25) is 6.23 Å². The molecule has 0 radical (unpaired) electrons. The topological polar surface area (TPSA) is 37.2 Å². The Kier molecular flexibility index (Phi) is 0.963. The van der Waals surface area contributed by atoms with E-state index >= 15 is 0 Å². The Balaban J connectivity index is 2.23. The largest absolute Gasteiger partial charge is 0.351 e. The first-order valence-electron chi connectivity index (χ1n) is 3.56. The summed E-state index contributed by atoms with van der Waals surface area (Å²) in [6, 6.07) is 0. The summed E-state index contributed by atoms with van der Waals surface area (Å²) in [6.07, 6.45) is 2.30. The molecule has 0 aromatic carbocycles. The van der Waals surface area contributed by atoms with Crippen molar-refractivity contribution in [1.82, 2.24) is 5.01 Å². The van der Waals surface area contributed by atoms with Gasteiger partial charge in [-0.2, -0.15) is 0 Å². The second kappa shape index (κ2) is 1.62. The van der Waals surface area contributed by atoms with Gasteiger partial charge >= 0.3 is 0 Å². The summed E-state index contributed by atoms with van der Waals surface area (Å²) in [5, 5.41) is 9.34. The molecule has 0 aromatic heterocycles. The lowest BCUT2D eigenvalue weighted by Gasteiger charge is -2.25. The number of fused-ring (bicyclic) bond motifs is 1. The molecule has 4 nitrogen and oxygen atoms in total. The molecule has 4 heteroatoms.